The maximum Gasteiger partial charge on any atom is 0.325 e. The molecular weight excluding hydrogens is 168 g/mol. The van der Waals surface area contributed by atoms with Crippen molar-refractivity contribution in [2.75, 3.05) is 0 Å². The van der Waals surface area contributed by atoms with E-state index in [1.54, 1.807) is 24.7 Å². The molecule has 0 saturated carbocycles. The summed E-state index contributed by atoms with van der Waals surface area (Å²) >= 11 is 0. The van der Waals surface area contributed by atoms with Crippen molar-refractivity contribution in [3.8, 4) is 0 Å². The smallest absolute Gasteiger partial charge is 0.313 e. The van der Waals surface area contributed by atoms with Gasteiger partial charge in [-0.15, -0.1) is 0 Å². The summed E-state index contributed by atoms with van der Waals surface area (Å²) in [6.07, 6.45) is 4.87. The van der Waals surface area contributed by atoms with E-state index in [9.17, 15) is 4.79 Å². The molecule has 0 aliphatic carbocycles. The number of aromatic nitrogens is 4. The third kappa shape index (κ3) is 1.64. The number of H-pyrrole nitrogens is 1. The van der Waals surface area contributed by atoms with Gasteiger partial charge in [0.1, 0.15) is 0 Å². The minimum Gasteiger partial charge on any atom is -0.313 e. The molecule has 0 aromatic carbocycles. The van der Waals surface area contributed by atoms with E-state index in [-0.39, 0.29) is 5.69 Å². The molecular formula is C8H8N4O. The van der Waals surface area contributed by atoms with Gasteiger partial charge in [-0.05, 0) is 12.1 Å². The van der Waals surface area contributed by atoms with Gasteiger partial charge in [0.15, 0.2) is 0 Å². The zero-order valence-electron chi connectivity index (χ0n) is 6.84. The molecule has 66 valence electrons. The monoisotopic (exact) mass is 176 g/mol. The van der Waals surface area contributed by atoms with Crippen molar-refractivity contribution in [1.82, 2.24) is 19.7 Å². The minimum absolute atomic E-state index is 0.134. The Bertz CT molecular complexity index is 431. The van der Waals surface area contributed by atoms with Crippen LogP contribution >= 0.6 is 0 Å². The Hall–Kier alpha value is -1.91. The van der Waals surface area contributed by atoms with Crippen molar-refractivity contribution in [1.29, 1.82) is 0 Å². The highest BCUT2D eigenvalue weighted by atomic mass is 16.1. The van der Waals surface area contributed by atoms with Crippen molar-refractivity contribution in [3.05, 3.63) is 46.9 Å². The Labute approximate surface area is 74.1 Å². The molecule has 1 N–H and O–H groups in total. The van der Waals surface area contributed by atoms with E-state index in [1.807, 2.05) is 6.07 Å². The number of imidazole rings is 1. The molecule has 0 aliphatic rings. The van der Waals surface area contributed by atoms with Gasteiger partial charge in [-0.25, -0.2) is 4.79 Å². The number of hydrogen-bond donors (Lipinski definition) is 1. The molecule has 5 nitrogen and oxygen atoms in total. The van der Waals surface area contributed by atoms with Gasteiger partial charge in [-0.3, -0.25) is 4.57 Å². The molecule has 0 saturated heterocycles. The standard InChI is InChI=1S/C8H8N4O/c13-8-9-4-5-12(8)6-7-2-1-3-10-11-7/h1-5H,6H2,(H,9,13). The number of nitrogens with one attached hydrogen (secondary N) is 1. The second-order valence-electron chi connectivity index (χ2n) is 2.61. The van der Waals surface area contributed by atoms with Gasteiger partial charge in [0, 0.05) is 18.6 Å². The molecule has 0 bridgehead atoms. The van der Waals surface area contributed by atoms with Gasteiger partial charge < -0.3 is 4.98 Å². The van der Waals surface area contributed by atoms with E-state index >= 15 is 0 Å². The van der Waals surface area contributed by atoms with E-state index < -0.39 is 0 Å². The SMILES string of the molecule is O=c1[nH]ccn1Cc1cccnn1. The number of nitrogens with zero attached hydrogens (tertiary/aromatic N) is 3. The summed E-state index contributed by atoms with van der Waals surface area (Å²) in [5, 5.41) is 7.59. The van der Waals surface area contributed by atoms with Crippen LogP contribution in [0, 0.1) is 0 Å². The van der Waals surface area contributed by atoms with Gasteiger partial charge in [-0.2, -0.15) is 10.2 Å². The Morgan fingerprint density at radius 1 is 1.54 bits per heavy atom. The van der Waals surface area contributed by atoms with E-state index in [4.69, 9.17) is 0 Å². The second-order valence-corrected chi connectivity index (χ2v) is 2.61. The fourth-order valence-corrected chi connectivity index (χ4v) is 1.07. The van der Waals surface area contributed by atoms with Crippen LogP contribution in [0.25, 0.3) is 0 Å². The first-order chi connectivity index (χ1) is 6.36. The van der Waals surface area contributed by atoms with Gasteiger partial charge >= 0.3 is 5.69 Å². The molecule has 0 unspecified atom stereocenters. The van der Waals surface area contributed by atoms with Crippen LogP contribution in [0.15, 0.2) is 35.5 Å². The Morgan fingerprint density at radius 2 is 2.46 bits per heavy atom. The largest absolute Gasteiger partial charge is 0.325 e. The highest BCUT2D eigenvalue weighted by Crippen LogP contribution is 1.92. The molecule has 0 amide bonds. The first-order valence-corrected chi connectivity index (χ1v) is 3.86. The Balaban J connectivity index is 2.25. The van der Waals surface area contributed by atoms with Crippen LogP contribution in [-0.2, 0) is 6.54 Å². The maximum absolute atomic E-state index is 11.1. The average Bonchev–Trinajstić information content (AvgIpc) is 2.54. The van der Waals surface area contributed by atoms with Crippen LogP contribution in [0.1, 0.15) is 5.69 Å². The molecule has 0 fully saturated rings. The Morgan fingerprint density at radius 3 is 3.08 bits per heavy atom. The summed E-state index contributed by atoms with van der Waals surface area (Å²) < 4.78 is 1.53. The summed E-state index contributed by atoms with van der Waals surface area (Å²) in [7, 11) is 0. The summed E-state index contributed by atoms with van der Waals surface area (Å²) in [5.74, 6) is 0. The lowest BCUT2D eigenvalue weighted by Crippen LogP contribution is -2.17. The fraction of sp³-hybridized carbons (Fsp3) is 0.125. The molecule has 0 radical (unpaired) electrons. The quantitative estimate of drug-likeness (QED) is 0.701. The average molecular weight is 176 g/mol. The molecule has 13 heavy (non-hydrogen) atoms. The maximum atomic E-state index is 11.1. The first kappa shape index (κ1) is 7.72. The summed E-state index contributed by atoms with van der Waals surface area (Å²) in [6, 6.07) is 3.62. The second kappa shape index (κ2) is 3.22. The highest BCUT2D eigenvalue weighted by Gasteiger charge is 1.97. The van der Waals surface area contributed by atoms with Crippen LogP contribution in [0.5, 0.6) is 0 Å². The van der Waals surface area contributed by atoms with Crippen LogP contribution in [0.2, 0.25) is 0 Å². The van der Waals surface area contributed by atoms with Crippen LogP contribution in [-0.4, -0.2) is 19.7 Å². The molecule has 5 heteroatoms. The van der Waals surface area contributed by atoms with Gasteiger partial charge in [0.2, 0.25) is 0 Å². The first-order valence-electron chi connectivity index (χ1n) is 3.86. The molecule has 2 aromatic rings. The van der Waals surface area contributed by atoms with E-state index in [0.29, 0.717) is 6.54 Å². The van der Waals surface area contributed by atoms with E-state index in [2.05, 4.69) is 15.2 Å². The molecule has 0 aliphatic heterocycles. The van der Waals surface area contributed by atoms with Crippen molar-refractivity contribution >= 4 is 0 Å². The molecule has 2 aromatic heterocycles. The summed E-state index contributed by atoms with van der Waals surface area (Å²) in [6.45, 7) is 0.455. The van der Waals surface area contributed by atoms with Gasteiger partial charge in [0.05, 0.1) is 12.2 Å². The highest BCUT2D eigenvalue weighted by molar-refractivity contribution is 5.00. The lowest BCUT2D eigenvalue weighted by atomic mass is 10.4. The van der Waals surface area contributed by atoms with E-state index in [0.717, 1.165) is 5.69 Å². The van der Waals surface area contributed by atoms with Crippen LogP contribution in [0.3, 0.4) is 0 Å². The lowest BCUT2D eigenvalue weighted by molar-refractivity contribution is 0.725. The fourth-order valence-electron chi connectivity index (χ4n) is 1.07. The minimum atomic E-state index is -0.134. The molecule has 2 heterocycles. The number of aromatic amines is 1. The molecule has 0 spiro atoms. The summed E-state index contributed by atoms with van der Waals surface area (Å²) in [4.78, 5) is 13.6. The third-order valence-electron chi connectivity index (χ3n) is 1.68. The van der Waals surface area contributed by atoms with Gasteiger partial charge in [-0.1, -0.05) is 0 Å². The van der Waals surface area contributed by atoms with Crippen molar-refractivity contribution in [2.24, 2.45) is 0 Å². The van der Waals surface area contributed by atoms with Crippen LogP contribution < -0.4 is 5.69 Å². The summed E-state index contributed by atoms with van der Waals surface area (Å²) in [5.41, 5.74) is 0.634. The van der Waals surface area contributed by atoms with Crippen molar-refractivity contribution in [2.45, 2.75) is 6.54 Å². The van der Waals surface area contributed by atoms with E-state index in [1.165, 1.54) is 4.57 Å². The number of hydrogen-bond acceptors (Lipinski definition) is 3. The van der Waals surface area contributed by atoms with Crippen molar-refractivity contribution < 1.29 is 0 Å². The predicted molar refractivity (Wildman–Crippen MR) is 46.2 cm³/mol. The number of rotatable bonds is 2. The topological polar surface area (TPSA) is 63.6 Å². The van der Waals surface area contributed by atoms with Crippen LogP contribution in [0.4, 0.5) is 0 Å². The molecule has 0 atom stereocenters. The predicted octanol–water partition coefficient (Wildman–Crippen LogP) is 0.0147. The normalized spacial score (nSPS) is 10.2. The van der Waals surface area contributed by atoms with Gasteiger partial charge in [0.25, 0.3) is 0 Å². The Kier molecular flexibility index (Phi) is 1.91. The van der Waals surface area contributed by atoms with Crippen molar-refractivity contribution in [3.63, 3.8) is 0 Å². The zero-order chi connectivity index (χ0) is 9.10. The molecule has 2 rings (SSSR count). The lowest BCUT2D eigenvalue weighted by Gasteiger charge is -1.97. The zero-order valence-corrected chi connectivity index (χ0v) is 6.84. The third-order valence-corrected chi connectivity index (χ3v) is 1.68.